The summed E-state index contributed by atoms with van der Waals surface area (Å²) in [5.74, 6) is 0.992. The van der Waals surface area contributed by atoms with E-state index in [1.807, 2.05) is 29.3 Å². The summed E-state index contributed by atoms with van der Waals surface area (Å²) in [6.07, 6.45) is 6.30. The molecule has 1 atom stereocenters. The van der Waals surface area contributed by atoms with Crippen LogP contribution in [0.5, 0.6) is 0 Å². The van der Waals surface area contributed by atoms with E-state index in [1.165, 1.54) is 6.92 Å². The summed E-state index contributed by atoms with van der Waals surface area (Å²) in [4.78, 5) is 36.6. The highest BCUT2D eigenvalue weighted by molar-refractivity contribution is 6.07. The Hall–Kier alpha value is -3.26. The van der Waals surface area contributed by atoms with Gasteiger partial charge in [0, 0.05) is 51.6 Å². The Kier molecular flexibility index (Phi) is 7.03. The molecule has 0 radical (unpaired) electrons. The van der Waals surface area contributed by atoms with Gasteiger partial charge >= 0.3 is 0 Å². The number of amides is 2. The van der Waals surface area contributed by atoms with E-state index in [2.05, 4.69) is 21.8 Å². The van der Waals surface area contributed by atoms with Gasteiger partial charge in [-0.2, -0.15) is 0 Å². The summed E-state index contributed by atoms with van der Waals surface area (Å²) in [5.41, 5.74) is 3.68. The van der Waals surface area contributed by atoms with Crippen molar-refractivity contribution in [2.45, 2.75) is 39.7 Å². The first-order valence-electron chi connectivity index (χ1n) is 11.5. The number of likely N-dealkylation sites (tertiary alicyclic amines) is 1. The summed E-state index contributed by atoms with van der Waals surface area (Å²) in [7, 11) is 1.70. The van der Waals surface area contributed by atoms with Gasteiger partial charge in [-0.1, -0.05) is 13.0 Å². The lowest BCUT2D eigenvalue weighted by atomic mass is 9.98. The van der Waals surface area contributed by atoms with Gasteiger partial charge in [0.2, 0.25) is 5.91 Å². The molecular formula is C25H31N5O3. The van der Waals surface area contributed by atoms with Crippen molar-refractivity contribution in [3.05, 3.63) is 53.6 Å². The Bertz CT molecular complexity index is 1140. The first kappa shape index (κ1) is 22.9. The van der Waals surface area contributed by atoms with E-state index in [-0.39, 0.29) is 11.8 Å². The second-order valence-corrected chi connectivity index (χ2v) is 8.62. The maximum Gasteiger partial charge on any atom is 0.256 e. The molecule has 8 heteroatoms. The Balaban J connectivity index is 1.82. The number of hydrogen-bond donors (Lipinski definition) is 1. The van der Waals surface area contributed by atoms with Crippen molar-refractivity contribution in [2.24, 2.45) is 5.92 Å². The SMILES string of the molecule is CCc1nc2cc(NC(C)=O)cc(C(=O)N3CCC[C@H](COC)C3)c2n1Cc1cccnc1. The first-order valence-corrected chi connectivity index (χ1v) is 11.5. The number of anilines is 1. The molecule has 0 bridgehead atoms. The Labute approximate surface area is 194 Å². The van der Waals surface area contributed by atoms with Crippen molar-refractivity contribution < 1.29 is 14.3 Å². The molecule has 1 fully saturated rings. The van der Waals surface area contributed by atoms with Crippen LogP contribution >= 0.6 is 0 Å². The molecule has 1 N–H and O–H groups in total. The zero-order valence-electron chi connectivity index (χ0n) is 19.5. The summed E-state index contributed by atoms with van der Waals surface area (Å²) < 4.78 is 7.45. The average molecular weight is 450 g/mol. The molecular weight excluding hydrogens is 418 g/mol. The molecule has 1 aromatic carbocycles. The lowest BCUT2D eigenvalue weighted by Crippen LogP contribution is -2.41. The summed E-state index contributed by atoms with van der Waals surface area (Å²) in [5, 5.41) is 2.83. The number of carbonyl (C=O) groups excluding carboxylic acids is 2. The number of benzene rings is 1. The van der Waals surface area contributed by atoms with Crippen molar-refractivity contribution in [1.29, 1.82) is 0 Å². The Morgan fingerprint density at radius 1 is 1.30 bits per heavy atom. The number of rotatable bonds is 7. The van der Waals surface area contributed by atoms with Gasteiger partial charge in [-0.15, -0.1) is 0 Å². The second kappa shape index (κ2) is 10.1. The molecule has 0 saturated carbocycles. The molecule has 3 heterocycles. The smallest absolute Gasteiger partial charge is 0.256 e. The predicted molar refractivity (Wildman–Crippen MR) is 127 cm³/mol. The number of aromatic nitrogens is 3. The highest BCUT2D eigenvalue weighted by Gasteiger charge is 2.28. The first-order chi connectivity index (χ1) is 16.0. The topological polar surface area (TPSA) is 89.4 Å². The molecule has 4 rings (SSSR count). The second-order valence-electron chi connectivity index (χ2n) is 8.62. The summed E-state index contributed by atoms with van der Waals surface area (Å²) in [6.45, 7) is 6.10. The zero-order valence-corrected chi connectivity index (χ0v) is 19.5. The van der Waals surface area contributed by atoms with Crippen LogP contribution in [0.3, 0.4) is 0 Å². The summed E-state index contributed by atoms with van der Waals surface area (Å²) >= 11 is 0. The highest BCUT2D eigenvalue weighted by Crippen LogP contribution is 2.29. The summed E-state index contributed by atoms with van der Waals surface area (Å²) in [6, 6.07) is 7.55. The van der Waals surface area contributed by atoms with Gasteiger partial charge < -0.3 is 19.5 Å². The van der Waals surface area contributed by atoms with Gasteiger partial charge in [-0.25, -0.2) is 4.98 Å². The third-order valence-electron chi connectivity index (χ3n) is 6.06. The number of aryl methyl sites for hydroxylation is 1. The van der Waals surface area contributed by atoms with Gasteiger partial charge in [-0.05, 0) is 42.5 Å². The molecule has 0 unspecified atom stereocenters. The number of methoxy groups -OCH3 is 1. The molecule has 33 heavy (non-hydrogen) atoms. The molecule has 2 amide bonds. The molecule has 0 spiro atoms. The fourth-order valence-corrected chi connectivity index (χ4v) is 4.66. The van der Waals surface area contributed by atoms with Crippen molar-refractivity contribution >= 4 is 28.5 Å². The monoisotopic (exact) mass is 449 g/mol. The van der Waals surface area contributed by atoms with Crippen LogP contribution in [0, 0.1) is 5.92 Å². The van der Waals surface area contributed by atoms with Crippen LogP contribution in [0.1, 0.15) is 48.4 Å². The molecule has 2 aromatic heterocycles. The third kappa shape index (κ3) is 5.06. The number of fused-ring (bicyclic) bond motifs is 1. The molecule has 8 nitrogen and oxygen atoms in total. The molecule has 1 saturated heterocycles. The van der Waals surface area contributed by atoms with Crippen LogP contribution in [0.25, 0.3) is 11.0 Å². The molecule has 174 valence electrons. The minimum Gasteiger partial charge on any atom is -0.384 e. The third-order valence-corrected chi connectivity index (χ3v) is 6.06. The minimum atomic E-state index is -0.184. The van der Waals surface area contributed by atoms with Crippen molar-refractivity contribution in [3.8, 4) is 0 Å². The maximum atomic E-state index is 13.8. The number of nitrogens with zero attached hydrogens (tertiary/aromatic N) is 4. The lowest BCUT2D eigenvalue weighted by Gasteiger charge is -2.32. The van der Waals surface area contributed by atoms with E-state index in [4.69, 9.17) is 9.72 Å². The van der Waals surface area contributed by atoms with Gasteiger partial charge in [-0.3, -0.25) is 14.6 Å². The standard InChI is InChI=1S/C25H31N5O3/c1-4-23-28-22-12-20(27-17(2)31)11-21(24(22)30(23)15-18-7-5-9-26-13-18)25(32)29-10-6-8-19(14-29)16-33-3/h5,7,9,11-13,19H,4,6,8,10,14-16H2,1-3H3,(H,27,31)/t19-/m0/s1. The molecule has 3 aromatic rings. The van der Waals surface area contributed by atoms with Crippen LogP contribution in [-0.4, -0.2) is 58.1 Å². The van der Waals surface area contributed by atoms with Crippen LogP contribution in [0.4, 0.5) is 5.69 Å². The number of pyridine rings is 1. The number of carbonyl (C=O) groups is 2. The van der Waals surface area contributed by atoms with Crippen LogP contribution in [0.15, 0.2) is 36.7 Å². The van der Waals surface area contributed by atoms with E-state index >= 15 is 0 Å². The fraction of sp³-hybridized carbons (Fsp3) is 0.440. The number of nitrogens with one attached hydrogen (secondary N) is 1. The van der Waals surface area contributed by atoms with Gasteiger partial charge in [0.15, 0.2) is 0 Å². The van der Waals surface area contributed by atoms with Crippen molar-refractivity contribution in [3.63, 3.8) is 0 Å². The normalized spacial score (nSPS) is 16.2. The van der Waals surface area contributed by atoms with E-state index in [0.29, 0.717) is 48.9 Å². The van der Waals surface area contributed by atoms with Crippen LogP contribution in [0.2, 0.25) is 0 Å². The lowest BCUT2D eigenvalue weighted by molar-refractivity contribution is -0.114. The number of piperidine rings is 1. The van der Waals surface area contributed by atoms with E-state index in [1.54, 1.807) is 19.4 Å². The minimum absolute atomic E-state index is 0.0389. The van der Waals surface area contributed by atoms with E-state index < -0.39 is 0 Å². The molecule has 0 aliphatic carbocycles. The average Bonchev–Trinajstić information content (AvgIpc) is 3.16. The largest absolute Gasteiger partial charge is 0.384 e. The van der Waals surface area contributed by atoms with Crippen LogP contribution < -0.4 is 5.32 Å². The Morgan fingerprint density at radius 3 is 2.85 bits per heavy atom. The zero-order chi connectivity index (χ0) is 23.4. The fourth-order valence-electron chi connectivity index (χ4n) is 4.66. The Morgan fingerprint density at radius 2 is 2.15 bits per heavy atom. The van der Waals surface area contributed by atoms with E-state index in [0.717, 1.165) is 36.2 Å². The number of hydrogen-bond acceptors (Lipinski definition) is 5. The van der Waals surface area contributed by atoms with Gasteiger partial charge in [0.05, 0.1) is 29.7 Å². The number of imidazole rings is 1. The van der Waals surface area contributed by atoms with Gasteiger partial charge in [0.25, 0.3) is 5.91 Å². The van der Waals surface area contributed by atoms with Crippen molar-refractivity contribution in [2.75, 3.05) is 32.1 Å². The number of ether oxygens (including phenoxy) is 1. The molecule has 1 aliphatic rings. The van der Waals surface area contributed by atoms with Gasteiger partial charge in [0.1, 0.15) is 5.82 Å². The quantitative estimate of drug-likeness (QED) is 0.596. The maximum absolute atomic E-state index is 13.8. The van der Waals surface area contributed by atoms with Crippen molar-refractivity contribution in [1.82, 2.24) is 19.4 Å². The molecule has 1 aliphatic heterocycles. The predicted octanol–water partition coefficient (Wildman–Crippen LogP) is 3.50. The van der Waals surface area contributed by atoms with E-state index in [9.17, 15) is 9.59 Å². The highest BCUT2D eigenvalue weighted by atomic mass is 16.5. The van der Waals surface area contributed by atoms with Crippen LogP contribution in [-0.2, 0) is 22.5 Å².